The number of ether oxygens (including phenoxy) is 1. The van der Waals surface area contributed by atoms with E-state index < -0.39 is 13.0 Å². The minimum atomic E-state index is -2.67. The lowest BCUT2D eigenvalue weighted by molar-refractivity contribution is 0.0545. The number of nitrogens with zero attached hydrogens (tertiary/aromatic N) is 5. The van der Waals surface area contributed by atoms with Crippen LogP contribution in [0.5, 0.6) is 0 Å². The molecule has 4 heterocycles. The lowest BCUT2D eigenvalue weighted by atomic mass is 10.00. The van der Waals surface area contributed by atoms with Gasteiger partial charge in [0.05, 0.1) is 11.2 Å². The molecule has 0 amide bonds. The molecule has 186 valence electrons. The number of rotatable bonds is 6. The normalized spacial score (nSPS) is 26.8. The minimum Gasteiger partial charge on any atom is -0.381 e. The number of alkyl halides is 2. The van der Waals surface area contributed by atoms with Gasteiger partial charge in [-0.25, -0.2) is 4.68 Å². The zero-order valence-corrected chi connectivity index (χ0v) is 19.8. The van der Waals surface area contributed by atoms with E-state index in [1.54, 1.807) is 6.07 Å². The molecule has 3 aromatic rings. The van der Waals surface area contributed by atoms with E-state index in [2.05, 4.69) is 25.5 Å². The summed E-state index contributed by atoms with van der Waals surface area (Å²) in [5.74, 6) is 1.74. The second-order valence-electron chi connectivity index (χ2n) is 10.1. The molecule has 2 aliphatic heterocycles. The summed E-state index contributed by atoms with van der Waals surface area (Å²) >= 11 is 0. The van der Waals surface area contributed by atoms with Gasteiger partial charge in [0, 0.05) is 58.7 Å². The first-order chi connectivity index (χ1) is 17.8. The van der Waals surface area contributed by atoms with Crippen LogP contribution in [0.25, 0.3) is 22.2 Å². The van der Waals surface area contributed by atoms with Gasteiger partial charge >= 0.3 is 6.55 Å². The molecule has 35 heavy (non-hydrogen) atoms. The standard InChI is InChI=1S/C26H32F2N6O/c1-16-21(2-3-24-22(16)15-34(32-24)26(27)28)23-4-5-25(31-30-23)29-20-10-18-13-33(14-19(18)11-20)12-17-6-8-35-9-7-17/h2-5,15,17-20,26H,6-14H2,1H3,(H,29,31)/i12D2. The summed E-state index contributed by atoms with van der Waals surface area (Å²) in [6.07, 6.45) is 4.96. The number of aromatic nitrogens is 4. The fourth-order valence-electron chi connectivity index (χ4n) is 6.00. The van der Waals surface area contributed by atoms with E-state index in [0.29, 0.717) is 58.2 Å². The summed E-state index contributed by atoms with van der Waals surface area (Å²) in [6, 6.07) is 7.69. The molecule has 9 heteroatoms. The second-order valence-corrected chi connectivity index (χ2v) is 10.1. The van der Waals surface area contributed by atoms with Crippen LogP contribution in [0.15, 0.2) is 30.5 Å². The maximum absolute atomic E-state index is 13.0. The zero-order chi connectivity index (χ0) is 25.7. The first-order valence-electron chi connectivity index (χ1n) is 13.5. The Morgan fingerprint density at radius 1 is 1.11 bits per heavy atom. The van der Waals surface area contributed by atoms with Gasteiger partial charge in [0.15, 0.2) is 0 Å². The molecule has 1 aliphatic carbocycles. The Labute approximate surface area is 206 Å². The van der Waals surface area contributed by atoms with Crippen molar-refractivity contribution in [3.05, 3.63) is 36.0 Å². The maximum atomic E-state index is 13.0. The van der Waals surface area contributed by atoms with Gasteiger partial charge in [-0.1, -0.05) is 6.07 Å². The molecule has 0 spiro atoms. The summed E-state index contributed by atoms with van der Waals surface area (Å²) < 4.78 is 49.7. The minimum absolute atomic E-state index is 0.0487. The maximum Gasteiger partial charge on any atom is 0.333 e. The summed E-state index contributed by atoms with van der Waals surface area (Å²) in [7, 11) is 0. The highest BCUT2D eigenvalue weighted by molar-refractivity contribution is 5.88. The van der Waals surface area contributed by atoms with E-state index in [-0.39, 0.29) is 5.92 Å². The monoisotopic (exact) mass is 484 g/mol. The molecule has 3 aliphatic rings. The Kier molecular flexibility index (Phi) is 5.53. The van der Waals surface area contributed by atoms with Gasteiger partial charge in [0.2, 0.25) is 0 Å². The van der Waals surface area contributed by atoms with Gasteiger partial charge in [-0.05, 0) is 74.1 Å². The number of nitrogens with one attached hydrogen (secondary N) is 1. The van der Waals surface area contributed by atoms with Crippen molar-refractivity contribution >= 4 is 16.7 Å². The zero-order valence-electron chi connectivity index (χ0n) is 21.8. The fourth-order valence-corrected chi connectivity index (χ4v) is 6.00. The summed E-state index contributed by atoms with van der Waals surface area (Å²) in [4.78, 5) is 2.08. The molecule has 2 aromatic heterocycles. The molecule has 7 nitrogen and oxygen atoms in total. The Hall–Kier alpha value is -2.65. The number of halogens is 2. The molecule has 2 unspecified atom stereocenters. The van der Waals surface area contributed by atoms with E-state index in [0.717, 1.165) is 49.9 Å². The Balaban J connectivity index is 1.08. The SMILES string of the molecule is [2H]C([2H])(C1CCOCC1)N1CC2CC(Nc3ccc(-c4ccc5nn(C(F)F)cc5c4C)nn3)CC2C1. The van der Waals surface area contributed by atoms with Gasteiger partial charge in [-0.3, -0.25) is 0 Å². The topological polar surface area (TPSA) is 68.1 Å². The van der Waals surface area contributed by atoms with Gasteiger partial charge in [0.25, 0.3) is 0 Å². The first-order valence-corrected chi connectivity index (χ1v) is 12.5. The molecule has 0 radical (unpaired) electrons. The Morgan fingerprint density at radius 3 is 2.57 bits per heavy atom. The smallest absolute Gasteiger partial charge is 0.333 e. The third-order valence-corrected chi connectivity index (χ3v) is 7.81. The lowest BCUT2D eigenvalue weighted by Crippen LogP contribution is -2.32. The molecule has 2 atom stereocenters. The van der Waals surface area contributed by atoms with Gasteiger partial charge < -0.3 is 15.0 Å². The third-order valence-electron chi connectivity index (χ3n) is 7.81. The number of hydrogen-bond donors (Lipinski definition) is 1. The molecule has 6 rings (SSSR count). The van der Waals surface area contributed by atoms with E-state index >= 15 is 0 Å². The van der Waals surface area contributed by atoms with Crippen LogP contribution in [0, 0.1) is 24.7 Å². The van der Waals surface area contributed by atoms with Crippen molar-refractivity contribution in [2.45, 2.75) is 45.2 Å². The van der Waals surface area contributed by atoms with Crippen molar-refractivity contribution < 1.29 is 16.3 Å². The summed E-state index contributed by atoms with van der Waals surface area (Å²) in [5, 5.41) is 16.9. The predicted molar refractivity (Wildman–Crippen MR) is 130 cm³/mol. The molecule has 1 saturated carbocycles. The van der Waals surface area contributed by atoms with Crippen LogP contribution in [0.2, 0.25) is 0 Å². The van der Waals surface area contributed by atoms with E-state index in [9.17, 15) is 8.78 Å². The number of anilines is 1. The molecule has 0 bridgehead atoms. The molecular formula is C26H32F2N6O. The van der Waals surface area contributed by atoms with Crippen molar-refractivity contribution in [2.75, 3.05) is 38.1 Å². The van der Waals surface area contributed by atoms with Crippen molar-refractivity contribution in [3.8, 4) is 11.3 Å². The number of likely N-dealkylation sites (tertiary alicyclic amines) is 1. The highest BCUT2D eigenvalue weighted by Gasteiger charge is 2.41. The molecular weight excluding hydrogens is 450 g/mol. The molecule has 1 aromatic carbocycles. The lowest BCUT2D eigenvalue weighted by Gasteiger charge is -2.27. The first kappa shape index (κ1) is 20.5. The average Bonchev–Trinajstić information content (AvgIpc) is 3.59. The average molecular weight is 485 g/mol. The largest absolute Gasteiger partial charge is 0.381 e. The van der Waals surface area contributed by atoms with E-state index in [4.69, 9.17) is 7.48 Å². The van der Waals surface area contributed by atoms with Crippen molar-refractivity contribution in [1.82, 2.24) is 24.9 Å². The fraction of sp³-hybridized carbons (Fsp3) is 0.577. The highest BCUT2D eigenvalue weighted by atomic mass is 19.3. The van der Waals surface area contributed by atoms with Crippen LogP contribution in [-0.2, 0) is 4.74 Å². The van der Waals surface area contributed by atoms with Crippen molar-refractivity contribution in [1.29, 1.82) is 0 Å². The van der Waals surface area contributed by atoms with Gasteiger partial charge in [-0.15, -0.1) is 10.2 Å². The Morgan fingerprint density at radius 2 is 1.89 bits per heavy atom. The summed E-state index contributed by atoms with van der Waals surface area (Å²) in [6.45, 7) is 0.879. The number of aryl methyl sites for hydroxylation is 1. The quantitative estimate of drug-likeness (QED) is 0.545. The third kappa shape index (κ3) is 4.63. The molecule has 1 N–H and O–H groups in total. The summed E-state index contributed by atoms with van der Waals surface area (Å²) in [5.41, 5.74) is 2.89. The van der Waals surface area contributed by atoms with Crippen LogP contribution < -0.4 is 5.32 Å². The van der Waals surface area contributed by atoms with Gasteiger partial charge in [-0.2, -0.15) is 13.9 Å². The van der Waals surface area contributed by atoms with E-state index in [1.165, 1.54) is 6.20 Å². The van der Waals surface area contributed by atoms with Gasteiger partial charge in [0.1, 0.15) is 5.82 Å². The van der Waals surface area contributed by atoms with Crippen molar-refractivity contribution in [2.24, 2.45) is 17.8 Å². The van der Waals surface area contributed by atoms with Crippen LogP contribution >= 0.6 is 0 Å². The molecule has 2 saturated heterocycles. The van der Waals surface area contributed by atoms with Crippen LogP contribution in [0.4, 0.5) is 14.6 Å². The van der Waals surface area contributed by atoms with Crippen molar-refractivity contribution in [3.63, 3.8) is 0 Å². The van der Waals surface area contributed by atoms with Crippen LogP contribution in [0.1, 0.15) is 40.5 Å². The van der Waals surface area contributed by atoms with Crippen LogP contribution in [-0.4, -0.2) is 63.7 Å². The van der Waals surface area contributed by atoms with Crippen LogP contribution in [0.3, 0.4) is 0 Å². The number of hydrogen-bond acceptors (Lipinski definition) is 6. The second kappa shape index (κ2) is 9.43. The van der Waals surface area contributed by atoms with E-state index in [1.807, 2.05) is 25.1 Å². The highest BCUT2D eigenvalue weighted by Crippen LogP contribution is 2.40. The molecule has 3 fully saturated rings. The predicted octanol–water partition coefficient (Wildman–Crippen LogP) is 4.75. The Bertz CT molecular complexity index is 1250. The number of benzene rings is 1. The number of fused-ring (bicyclic) bond motifs is 2.